The lowest BCUT2D eigenvalue weighted by atomic mass is 10.1. The Bertz CT molecular complexity index is 588. The summed E-state index contributed by atoms with van der Waals surface area (Å²) >= 11 is 0. The molecule has 84 valence electrons. The lowest BCUT2D eigenvalue weighted by molar-refractivity contribution is 0.607. The molecule has 0 spiro atoms. The summed E-state index contributed by atoms with van der Waals surface area (Å²) < 4.78 is 26.8. The molecule has 1 aromatic heterocycles. The first-order chi connectivity index (χ1) is 8.22. The molecule has 4 heteroatoms. The molecule has 0 radical (unpaired) electrons. The third-order valence-electron chi connectivity index (χ3n) is 2.35. The van der Waals surface area contributed by atoms with Gasteiger partial charge in [-0.15, -0.1) is 0 Å². The average Bonchev–Trinajstić information content (AvgIpc) is 2.33. The molecule has 0 bridgehead atoms. The van der Waals surface area contributed by atoms with Gasteiger partial charge in [-0.05, 0) is 18.2 Å². The van der Waals surface area contributed by atoms with Crippen LogP contribution in [0.2, 0.25) is 0 Å². The molecular formula is C13H8F2N2. The topological polar surface area (TPSA) is 36.7 Å². The number of hydrogen-bond donors (Lipinski definition) is 0. The van der Waals surface area contributed by atoms with Gasteiger partial charge in [-0.3, -0.25) is 4.98 Å². The van der Waals surface area contributed by atoms with Gasteiger partial charge in [0, 0.05) is 11.1 Å². The van der Waals surface area contributed by atoms with E-state index in [1.807, 2.05) is 6.07 Å². The lowest BCUT2D eigenvalue weighted by Gasteiger charge is -2.04. The molecule has 2 rings (SSSR count). The van der Waals surface area contributed by atoms with E-state index in [-0.39, 0.29) is 12.0 Å². The number of pyridine rings is 1. The second-order valence-corrected chi connectivity index (χ2v) is 3.48. The maximum absolute atomic E-state index is 13.5. The molecule has 0 unspecified atom stereocenters. The number of halogens is 2. The molecular weight excluding hydrogens is 222 g/mol. The first-order valence-corrected chi connectivity index (χ1v) is 4.98. The standard InChI is InChI=1S/C13H8F2N2/c14-11-4-2-1-3-10(11)13-7-9(5-6-16)12(15)8-17-13/h1-4,7-8H,5H2. The van der Waals surface area contributed by atoms with E-state index in [1.54, 1.807) is 18.2 Å². The molecule has 0 aliphatic rings. The molecule has 0 saturated heterocycles. The molecule has 0 atom stereocenters. The van der Waals surface area contributed by atoms with Crippen LogP contribution in [0.4, 0.5) is 8.78 Å². The van der Waals surface area contributed by atoms with Crippen LogP contribution in [0, 0.1) is 23.0 Å². The van der Waals surface area contributed by atoms with Crippen molar-refractivity contribution < 1.29 is 8.78 Å². The Morgan fingerprint density at radius 1 is 1.18 bits per heavy atom. The van der Waals surface area contributed by atoms with Crippen molar-refractivity contribution in [3.63, 3.8) is 0 Å². The number of nitriles is 1. The largest absolute Gasteiger partial charge is 0.253 e. The van der Waals surface area contributed by atoms with Crippen LogP contribution in [0.25, 0.3) is 11.3 Å². The third-order valence-corrected chi connectivity index (χ3v) is 2.35. The number of aromatic nitrogens is 1. The summed E-state index contributed by atoms with van der Waals surface area (Å²) in [5, 5.41) is 8.55. The predicted molar refractivity (Wildman–Crippen MR) is 58.9 cm³/mol. The monoisotopic (exact) mass is 230 g/mol. The van der Waals surface area contributed by atoms with E-state index < -0.39 is 11.6 Å². The highest BCUT2D eigenvalue weighted by molar-refractivity contribution is 5.60. The molecule has 17 heavy (non-hydrogen) atoms. The second kappa shape index (κ2) is 4.71. The molecule has 0 aliphatic heterocycles. The Morgan fingerprint density at radius 2 is 1.94 bits per heavy atom. The minimum Gasteiger partial charge on any atom is -0.253 e. The van der Waals surface area contributed by atoms with Gasteiger partial charge in [0.2, 0.25) is 0 Å². The molecule has 2 nitrogen and oxygen atoms in total. The van der Waals surface area contributed by atoms with Crippen LogP contribution in [0.1, 0.15) is 5.56 Å². The van der Waals surface area contributed by atoms with E-state index in [1.165, 1.54) is 12.1 Å². The zero-order valence-electron chi connectivity index (χ0n) is 8.82. The fourth-order valence-corrected chi connectivity index (χ4v) is 1.52. The van der Waals surface area contributed by atoms with E-state index in [0.717, 1.165) is 6.20 Å². The van der Waals surface area contributed by atoms with Gasteiger partial charge in [-0.1, -0.05) is 12.1 Å². The first kappa shape index (κ1) is 11.2. The normalized spacial score (nSPS) is 9.94. The zero-order valence-corrected chi connectivity index (χ0v) is 8.82. The average molecular weight is 230 g/mol. The Morgan fingerprint density at radius 3 is 2.65 bits per heavy atom. The van der Waals surface area contributed by atoms with E-state index in [0.29, 0.717) is 11.3 Å². The summed E-state index contributed by atoms with van der Waals surface area (Å²) in [5.41, 5.74) is 0.849. The minimum atomic E-state index is -0.549. The Balaban J connectivity index is 2.51. The molecule has 1 heterocycles. The van der Waals surface area contributed by atoms with Gasteiger partial charge in [0.05, 0.1) is 24.4 Å². The maximum Gasteiger partial charge on any atom is 0.145 e. The van der Waals surface area contributed by atoms with Gasteiger partial charge in [0.25, 0.3) is 0 Å². The molecule has 2 aromatic rings. The van der Waals surface area contributed by atoms with Gasteiger partial charge in [-0.2, -0.15) is 5.26 Å². The van der Waals surface area contributed by atoms with Crippen molar-refractivity contribution in [2.45, 2.75) is 6.42 Å². The second-order valence-electron chi connectivity index (χ2n) is 3.48. The van der Waals surface area contributed by atoms with Crippen molar-refractivity contribution in [3.8, 4) is 17.3 Å². The van der Waals surface area contributed by atoms with Gasteiger partial charge >= 0.3 is 0 Å². The van der Waals surface area contributed by atoms with Crippen LogP contribution in [0.3, 0.4) is 0 Å². The summed E-state index contributed by atoms with van der Waals surface area (Å²) in [6.07, 6.45) is 0.949. The number of benzene rings is 1. The van der Waals surface area contributed by atoms with Gasteiger partial charge in [0.1, 0.15) is 11.6 Å². The molecule has 0 saturated carbocycles. The minimum absolute atomic E-state index is 0.0597. The summed E-state index contributed by atoms with van der Waals surface area (Å²) in [5.74, 6) is -0.971. The highest BCUT2D eigenvalue weighted by Crippen LogP contribution is 2.22. The number of nitrogens with zero attached hydrogens (tertiary/aromatic N) is 2. The summed E-state index contributed by atoms with van der Waals surface area (Å²) in [6, 6.07) is 9.37. The van der Waals surface area contributed by atoms with Crippen LogP contribution in [-0.4, -0.2) is 4.98 Å². The van der Waals surface area contributed by atoms with E-state index >= 15 is 0 Å². The van der Waals surface area contributed by atoms with E-state index in [2.05, 4.69) is 4.98 Å². The zero-order chi connectivity index (χ0) is 12.3. The predicted octanol–water partition coefficient (Wildman–Crippen LogP) is 3.09. The smallest absolute Gasteiger partial charge is 0.145 e. The van der Waals surface area contributed by atoms with E-state index in [4.69, 9.17) is 5.26 Å². The van der Waals surface area contributed by atoms with Crippen LogP contribution >= 0.6 is 0 Å². The third kappa shape index (κ3) is 2.28. The fraction of sp³-hybridized carbons (Fsp3) is 0.0769. The van der Waals surface area contributed by atoms with Crippen LogP contribution < -0.4 is 0 Å². The van der Waals surface area contributed by atoms with Crippen molar-refractivity contribution in [1.82, 2.24) is 4.98 Å². The quantitative estimate of drug-likeness (QED) is 0.794. The first-order valence-electron chi connectivity index (χ1n) is 4.98. The van der Waals surface area contributed by atoms with Gasteiger partial charge in [0.15, 0.2) is 0 Å². The SMILES string of the molecule is N#CCc1cc(-c2ccccc2F)ncc1F. The summed E-state index contributed by atoms with van der Waals surface area (Å²) in [6.45, 7) is 0. The highest BCUT2D eigenvalue weighted by atomic mass is 19.1. The van der Waals surface area contributed by atoms with Crippen LogP contribution in [-0.2, 0) is 6.42 Å². The van der Waals surface area contributed by atoms with Gasteiger partial charge in [-0.25, -0.2) is 8.78 Å². The van der Waals surface area contributed by atoms with E-state index in [9.17, 15) is 8.78 Å². The van der Waals surface area contributed by atoms with Crippen molar-refractivity contribution in [3.05, 3.63) is 53.7 Å². The summed E-state index contributed by atoms with van der Waals surface area (Å²) in [4.78, 5) is 3.83. The highest BCUT2D eigenvalue weighted by Gasteiger charge is 2.09. The molecule has 0 aliphatic carbocycles. The molecule has 0 amide bonds. The lowest BCUT2D eigenvalue weighted by Crippen LogP contribution is -1.94. The van der Waals surface area contributed by atoms with Crippen molar-refractivity contribution in [2.24, 2.45) is 0 Å². The van der Waals surface area contributed by atoms with Crippen molar-refractivity contribution in [1.29, 1.82) is 5.26 Å². The Labute approximate surface area is 97.2 Å². The van der Waals surface area contributed by atoms with Crippen LogP contribution in [0.15, 0.2) is 36.5 Å². The Hall–Kier alpha value is -2.28. The fourth-order valence-electron chi connectivity index (χ4n) is 1.52. The number of hydrogen-bond acceptors (Lipinski definition) is 2. The maximum atomic E-state index is 13.5. The molecule has 0 fully saturated rings. The molecule has 1 aromatic carbocycles. The van der Waals surface area contributed by atoms with Gasteiger partial charge < -0.3 is 0 Å². The van der Waals surface area contributed by atoms with Crippen molar-refractivity contribution in [2.75, 3.05) is 0 Å². The Kier molecular flexibility index (Phi) is 3.10. The number of rotatable bonds is 2. The van der Waals surface area contributed by atoms with Crippen molar-refractivity contribution >= 4 is 0 Å². The molecule has 0 N–H and O–H groups in total. The summed E-state index contributed by atoms with van der Waals surface area (Å²) in [7, 11) is 0. The van der Waals surface area contributed by atoms with Crippen LogP contribution in [0.5, 0.6) is 0 Å².